The summed E-state index contributed by atoms with van der Waals surface area (Å²) in [5.74, 6) is 1.01. The molecule has 1 N–H and O–H groups in total. The highest BCUT2D eigenvalue weighted by molar-refractivity contribution is 7.99. The molecule has 0 aromatic carbocycles. The Bertz CT molecular complexity index is 141. The van der Waals surface area contributed by atoms with Crippen LogP contribution in [-0.2, 0) is 4.79 Å². The van der Waals surface area contributed by atoms with Crippen LogP contribution in [0.5, 0.6) is 0 Å². The smallest absolute Gasteiger partial charge is 0.330 e. The van der Waals surface area contributed by atoms with Crippen LogP contribution < -0.4 is 0 Å². The van der Waals surface area contributed by atoms with Crippen LogP contribution in [0.3, 0.4) is 0 Å². The van der Waals surface area contributed by atoms with E-state index in [0.29, 0.717) is 5.57 Å². The van der Waals surface area contributed by atoms with Crippen molar-refractivity contribution in [2.45, 2.75) is 13.8 Å². The Hall–Kier alpha value is -0.440. The molecule has 10 heavy (non-hydrogen) atoms. The summed E-state index contributed by atoms with van der Waals surface area (Å²) >= 11 is 1.71. The molecule has 3 heteroatoms. The average Bonchev–Trinajstić information content (AvgIpc) is 1.88. The van der Waals surface area contributed by atoms with Crippen LogP contribution in [0.4, 0.5) is 0 Å². The maximum Gasteiger partial charge on any atom is 0.330 e. The van der Waals surface area contributed by atoms with Crippen molar-refractivity contribution in [3.8, 4) is 0 Å². The van der Waals surface area contributed by atoms with Crippen LogP contribution in [0.25, 0.3) is 0 Å². The SMILES string of the molecule is CCSC/C=C(\C)C(=O)O. The van der Waals surface area contributed by atoms with Gasteiger partial charge in [-0.15, -0.1) is 0 Å². The van der Waals surface area contributed by atoms with Gasteiger partial charge in [-0.1, -0.05) is 13.0 Å². The van der Waals surface area contributed by atoms with Crippen molar-refractivity contribution < 1.29 is 9.90 Å². The summed E-state index contributed by atoms with van der Waals surface area (Å²) in [5.41, 5.74) is 0.431. The van der Waals surface area contributed by atoms with E-state index < -0.39 is 5.97 Å². The van der Waals surface area contributed by atoms with Crippen molar-refractivity contribution in [2.75, 3.05) is 11.5 Å². The third kappa shape index (κ3) is 4.44. The van der Waals surface area contributed by atoms with Gasteiger partial charge in [0.05, 0.1) is 0 Å². The molecule has 0 bridgehead atoms. The third-order valence-corrected chi connectivity index (χ3v) is 1.86. The van der Waals surface area contributed by atoms with Crippen LogP contribution in [-0.4, -0.2) is 22.6 Å². The molecule has 0 radical (unpaired) electrons. The van der Waals surface area contributed by atoms with Gasteiger partial charge in [0.25, 0.3) is 0 Å². The van der Waals surface area contributed by atoms with Crippen LogP contribution in [0.2, 0.25) is 0 Å². The van der Waals surface area contributed by atoms with Crippen molar-refractivity contribution in [1.82, 2.24) is 0 Å². The number of thioether (sulfide) groups is 1. The predicted octanol–water partition coefficient (Wildman–Crippen LogP) is 1.77. The molecule has 58 valence electrons. The number of rotatable bonds is 4. The van der Waals surface area contributed by atoms with Crippen molar-refractivity contribution in [3.05, 3.63) is 11.6 Å². The molecule has 0 aliphatic rings. The Morgan fingerprint density at radius 1 is 1.70 bits per heavy atom. The Labute approximate surface area is 65.3 Å². The monoisotopic (exact) mass is 160 g/mol. The molecular weight excluding hydrogens is 148 g/mol. The fraction of sp³-hybridized carbons (Fsp3) is 0.571. The lowest BCUT2D eigenvalue weighted by atomic mass is 10.3. The van der Waals surface area contributed by atoms with Crippen LogP contribution in [0.1, 0.15) is 13.8 Å². The lowest BCUT2D eigenvalue weighted by molar-refractivity contribution is -0.132. The highest BCUT2D eigenvalue weighted by Crippen LogP contribution is 2.01. The number of hydrogen-bond donors (Lipinski definition) is 1. The van der Waals surface area contributed by atoms with Crippen LogP contribution in [0, 0.1) is 0 Å². The molecule has 0 atom stereocenters. The van der Waals surface area contributed by atoms with Gasteiger partial charge < -0.3 is 5.11 Å². The number of carboxylic acid groups (broad SMARTS) is 1. The molecule has 0 spiro atoms. The van der Waals surface area contributed by atoms with Crippen molar-refractivity contribution >= 4 is 17.7 Å². The van der Waals surface area contributed by atoms with Gasteiger partial charge in [0.15, 0.2) is 0 Å². The quantitative estimate of drug-likeness (QED) is 0.503. The Kier molecular flexibility index (Phi) is 5.12. The van der Waals surface area contributed by atoms with Gasteiger partial charge in [-0.2, -0.15) is 11.8 Å². The lowest BCUT2D eigenvalue weighted by Crippen LogP contribution is -1.96. The van der Waals surface area contributed by atoms with Crippen molar-refractivity contribution in [3.63, 3.8) is 0 Å². The molecule has 0 fully saturated rings. The summed E-state index contributed by atoms with van der Waals surface area (Å²) in [5, 5.41) is 8.40. The van der Waals surface area contributed by atoms with Crippen LogP contribution >= 0.6 is 11.8 Å². The Morgan fingerprint density at radius 2 is 2.30 bits per heavy atom. The summed E-state index contributed by atoms with van der Waals surface area (Å²) in [6.45, 7) is 3.66. The summed E-state index contributed by atoms with van der Waals surface area (Å²) in [6, 6.07) is 0. The molecule has 0 saturated carbocycles. The van der Waals surface area contributed by atoms with Gasteiger partial charge in [0.1, 0.15) is 0 Å². The molecule has 0 unspecified atom stereocenters. The highest BCUT2D eigenvalue weighted by atomic mass is 32.2. The topological polar surface area (TPSA) is 37.3 Å². The van der Waals surface area contributed by atoms with Gasteiger partial charge in [-0.3, -0.25) is 0 Å². The second-order valence-corrected chi connectivity index (χ2v) is 3.17. The highest BCUT2D eigenvalue weighted by Gasteiger charge is 1.96. The number of hydrogen-bond acceptors (Lipinski definition) is 2. The van der Waals surface area contributed by atoms with Gasteiger partial charge >= 0.3 is 5.97 Å². The first kappa shape index (κ1) is 9.56. The maximum atomic E-state index is 10.2. The van der Waals surface area contributed by atoms with E-state index in [1.165, 1.54) is 0 Å². The molecule has 0 rings (SSSR count). The normalized spacial score (nSPS) is 11.6. The third-order valence-electron chi connectivity index (χ3n) is 1.05. The van der Waals surface area contributed by atoms with E-state index >= 15 is 0 Å². The first-order valence-corrected chi connectivity index (χ1v) is 4.31. The van der Waals surface area contributed by atoms with Crippen LogP contribution in [0.15, 0.2) is 11.6 Å². The number of carboxylic acids is 1. The zero-order valence-corrected chi connectivity index (χ0v) is 7.07. The summed E-state index contributed by atoms with van der Waals surface area (Å²) in [7, 11) is 0. The summed E-state index contributed by atoms with van der Waals surface area (Å²) < 4.78 is 0. The largest absolute Gasteiger partial charge is 0.478 e. The molecule has 0 aliphatic carbocycles. The van der Waals surface area contributed by atoms with Gasteiger partial charge in [-0.05, 0) is 12.7 Å². The van der Waals surface area contributed by atoms with Gasteiger partial charge in [0.2, 0.25) is 0 Å². The summed E-state index contributed by atoms with van der Waals surface area (Å²) in [4.78, 5) is 10.2. The molecule has 0 aromatic heterocycles. The Balaban J connectivity index is 3.58. The fourth-order valence-corrected chi connectivity index (χ4v) is 0.993. The second-order valence-electron chi connectivity index (χ2n) is 1.85. The van der Waals surface area contributed by atoms with Crippen molar-refractivity contribution in [1.29, 1.82) is 0 Å². The van der Waals surface area contributed by atoms with E-state index in [9.17, 15) is 4.79 Å². The molecular formula is C7H12O2S. The zero-order chi connectivity index (χ0) is 7.98. The van der Waals surface area contributed by atoms with E-state index in [4.69, 9.17) is 5.11 Å². The minimum atomic E-state index is -0.822. The fourth-order valence-electron chi connectivity index (χ4n) is 0.389. The molecule has 0 saturated heterocycles. The first-order chi connectivity index (χ1) is 4.68. The molecule has 2 nitrogen and oxygen atoms in total. The standard InChI is InChI=1S/C7H12O2S/c1-3-10-5-4-6(2)7(8)9/h4H,3,5H2,1-2H3,(H,8,9)/b6-4+. The van der Waals surface area contributed by atoms with E-state index in [2.05, 4.69) is 6.92 Å². The van der Waals surface area contributed by atoms with E-state index in [1.54, 1.807) is 24.8 Å². The minimum absolute atomic E-state index is 0.431. The van der Waals surface area contributed by atoms with Gasteiger partial charge in [-0.25, -0.2) is 4.79 Å². The average molecular weight is 160 g/mol. The predicted molar refractivity (Wildman–Crippen MR) is 44.4 cm³/mol. The maximum absolute atomic E-state index is 10.2. The molecule has 0 heterocycles. The zero-order valence-electron chi connectivity index (χ0n) is 6.26. The number of carbonyl (C=O) groups is 1. The first-order valence-electron chi connectivity index (χ1n) is 3.16. The molecule has 0 aromatic rings. The van der Waals surface area contributed by atoms with E-state index in [1.807, 2.05) is 0 Å². The number of aliphatic carboxylic acids is 1. The minimum Gasteiger partial charge on any atom is -0.478 e. The van der Waals surface area contributed by atoms with E-state index in [-0.39, 0.29) is 0 Å². The second kappa shape index (κ2) is 5.35. The lowest BCUT2D eigenvalue weighted by Gasteiger charge is -1.92. The van der Waals surface area contributed by atoms with E-state index in [0.717, 1.165) is 11.5 Å². The summed E-state index contributed by atoms with van der Waals surface area (Å²) in [6.07, 6.45) is 1.73. The molecule has 0 aliphatic heterocycles. The van der Waals surface area contributed by atoms with Gasteiger partial charge in [0, 0.05) is 11.3 Å². The van der Waals surface area contributed by atoms with Crippen molar-refractivity contribution in [2.24, 2.45) is 0 Å². The molecule has 0 amide bonds. The Morgan fingerprint density at radius 3 is 2.70 bits per heavy atom.